The summed E-state index contributed by atoms with van der Waals surface area (Å²) in [5.41, 5.74) is 3.81. The predicted molar refractivity (Wildman–Crippen MR) is 86.6 cm³/mol. The normalized spacial score (nSPS) is 17.5. The molecular weight excluding hydrogens is 278 g/mol. The van der Waals surface area contributed by atoms with E-state index in [0.29, 0.717) is 5.57 Å². The van der Waals surface area contributed by atoms with E-state index in [1.165, 1.54) is 12.8 Å². The van der Waals surface area contributed by atoms with Gasteiger partial charge < -0.3 is 5.32 Å². The molecule has 21 heavy (non-hydrogen) atoms. The van der Waals surface area contributed by atoms with Gasteiger partial charge >= 0.3 is 0 Å². The average molecular weight is 295 g/mol. The van der Waals surface area contributed by atoms with E-state index in [9.17, 15) is 5.26 Å². The fraction of sp³-hybridized carbons (Fsp3) is 0.294. The molecule has 1 aliphatic rings. The van der Waals surface area contributed by atoms with Crippen molar-refractivity contribution in [2.24, 2.45) is 0 Å². The van der Waals surface area contributed by atoms with Crippen LogP contribution in [0, 0.1) is 11.3 Å². The molecule has 1 saturated heterocycles. The lowest BCUT2D eigenvalue weighted by Crippen LogP contribution is -2.13. The first-order valence-electron chi connectivity index (χ1n) is 7.27. The highest BCUT2D eigenvalue weighted by Crippen LogP contribution is 2.28. The summed E-state index contributed by atoms with van der Waals surface area (Å²) in [5.74, 6) is 0. The van der Waals surface area contributed by atoms with Gasteiger partial charge in [-0.3, -0.25) is 0 Å². The first-order chi connectivity index (χ1) is 10.4. The maximum absolute atomic E-state index is 9.52. The molecule has 0 spiro atoms. The highest BCUT2D eigenvalue weighted by atomic mass is 32.1. The van der Waals surface area contributed by atoms with E-state index in [2.05, 4.69) is 16.4 Å². The SMILES string of the molecule is N#C/C(=C1\CCCCCN1)c1nc(-c2ccccc2)cs1. The summed E-state index contributed by atoms with van der Waals surface area (Å²) in [6.45, 7) is 0.956. The molecule has 1 aromatic heterocycles. The summed E-state index contributed by atoms with van der Waals surface area (Å²) in [6, 6.07) is 12.4. The van der Waals surface area contributed by atoms with Gasteiger partial charge in [0.05, 0.1) is 5.69 Å². The topological polar surface area (TPSA) is 48.7 Å². The first kappa shape index (κ1) is 13.8. The number of hydrogen-bond donors (Lipinski definition) is 1. The Balaban J connectivity index is 1.94. The molecule has 0 bridgehead atoms. The smallest absolute Gasteiger partial charge is 0.136 e. The molecule has 0 atom stereocenters. The number of hydrogen-bond acceptors (Lipinski definition) is 4. The van der Waals surface area contributed by atoms with Gasteiger partial charge in [-0.2, -0.15) is 5.26 Å². The van der Waals surface area contributed by atoms with Gasteiger partial charge in [0, 0.05) is 23.2 Å². The van der Waals surface area contributed by atoms with Gasteiger partial charge in [0.1, 0.15) is 16.6 Å². The maximum atomic E-state index is 9.52. The summed E-state index contributed by atoms with van der Waals surface area (Å²) in [7, 11) is 0. The second-order valence-corrected chi connectivity index (χ2v) is 5.96. The molecule has 1 fully saturated rings. The number of nitrogens with one attached hydrogen (secondary N) is 1. The van der Waals surface area contributed by atoms with Crippen molar-refractivity contribution in [3.8, 4) is 17.3 Å². The summed E-state index contributed by atoms with van der Waals surface area (Å²) in [4.78, 5) is 4.66. The number of aromatic nitrogens is 1. The predicted octanol–water partition coefficient (Wildman–Crippen LogP) is 4.21. The van der Waals surface area contributed by atoms with Gasteiger partial charge in [0.2, 0.25) is 0 Å². The Labute approximate surface area is 129 Å². The maximum Gasteiger partial charge on any atom is 0.136 e. The monoisotopic (exact) mass is 295 g/mol. The van der Waals surface area contributed by atoms with E-state index >= 15 is 0 Å². The molecule has 0 amide bonds. The Morgan fingerprint density at radius 1 is 1.19 bits per heavy atom. The van der Waals surface area contributed by atoms with Crippen molar-refractivity contribution in [2.45, 2.75) is 25.7 Å². The average Bonchev–Trinajstić information content (AvgIpc) is 2.86. The van der Waals surface area contributed by atoms with Crippen LogP contribution >= 0.6 is 11.3 Å². The number of allylic oxidation sites excluding steroid dienone is 2. The van der Waals surface area contributed by atoms with Crippen LogP contribution in [0.25, 0.3) is 16.8 Å². The Bertz CT molecular complexity index is 670. The molecule has 106 valence electrons. The summed E-state index contributed by atoms with van der Waals surface area (Å²) in [5, 5.41) is 15.8. The zero-order valence-corrected chi connectivity index (χ0v) is 12.6. The van der Waals surface area contributed by atoms with Crippen LogP contribution in [0.1, 0.15) is 30.7 Å². The molecule has 3 nitrogen and oxygen atoms in total. The van der Waals surface area contributed by atoms with E-state index in [1.807, 2.05) is 35.7 Å². The first-order valence-corrected chi connectivity index (χ1v) is 8.15. The number of rotatable bonds is 2. The van der Waals surface area contributed by atoms with Gasteiger partial charge in [0.25, 0.3) is 0 Å². The lowest BCUT2D eigenvalue weighted by Gasteiger charge is -2.07. The van der Waals surface area contributed by atoms with E-state index in [4.69, 9.17) is 0 Å². The Morgan fingerprint density at radius 3 is 2.86 bits per heavy atom. The van der Waals surface area contributed by atoms with Crippen molar-refractivity contribution in [2.75, 3.05) is 6.54 Å². The highest BCUT2D eigenvalue weighted by Gasteiger charge is 2.15. The van der Waals surface area contributed by atoms with Crippen LogP contribution in [-0.4, -0.2) is 11.5 Å². The second kappa shape index (κ2) is 6.55. The van der Waals surface area contributed by atoms with Gasteiger partial charge in [-0.1, -0.05) is 36.8 Å². The Hall–Kier alpha value is -2.12. The lowest BCUT2D eigenvalue weighted by atomic mass is 10.1. The van der Waals surface area contributed by atoms with Crippen LogP contribution in [0.3, 0.4) is 0 Å². The van der Waals surface area contributed by atoms with E-state index in [1.54, 1.807) is 11.3 Å². The number of nitriles is 1. The van der Waals surface area contributed by atoms with Crippen molar-refractivity contribution in [3.63, 3.8) is 0 Å². The molecule has 4 heteroatoms. The van der Waals surface area contributed by atoms with Gasteiger partial charge in [0.15, 0.2) is 0 Å². The third-order valence-corrected chi connectivity index (χ3v) is 4.50. The minimum Gasteiger partial charge on any atom is -0.387 e. The van der Waals surface area contributed by atoms with Crippen LogP contribution in [-0.2, 0) is 0 Å². The number of thiazole rings is 1. The fourth-order valence-corrected chi connectivity index (χ4v) is 3.37. The van der Waals surface area contributed by atoms with Gasteiger partial charge in [-0.25, -0.2) is 4.98 Å². The molecule has 0 aliphatic carbocycles. The zero-order valence-electron chi connectivity index (χ0n) is 11.8. The van der Waals surface area contributed by atoms with Crippen LogP contribution in [0.15, 0.2) is 41.4 Å². The molecule has 1 N–H and O–H groups in total. The van der Waals surface area contributed by atoms with Crippen LogP contribution < -0.4 is 5.32 Å². The van der Waals surface area contributed by atoms with Crippen LogP contribution in [0.4, 0.5) is 0 Å². The highest BCUT2D eigenvalue weighted by molar-refractivity contribution is 7.11. The molecular formula is C17H17N3S. The molecule has 0 saturated carbocycles. The quantitative estimate of drug-likeness (QED) is 0.844. The summed E-state index contributed by atoms with van der Waals surface area (Å²) >= 11 is 1.55. The zero-order chi connectivity index (χ0) is 14.5. The molecule has 1 aliphatic heterocycles. The van der Waals surface area contributed by atoms with Crippen LogP contribution in [0.5, 0.6) is 0 Å². The van der Waals surface area contributed by atoms with Crippen molar-refractivity contribution in [1.29, 1.82) is 5.26 Å². The van der Waals surface area contributed by atoms with Crippen molar-refractivity contribution < 1.29 is 0 Å². The summed E-state index contributed by atoms with van der Waals surface area (Å²) in [6.07, 6.45) is 4.49. The number of benzene rings is 1. The van der Waals surface area contributed by atoms with E-state index in [-0.39, 0.29) is 0 Å². The molecule has 0 unspecified atom stereocenters. The second-order valence-electron chi connectivity index (χ2n) is 5.11. The largest absolute Gasteiger partial charge is 0.387 e. The molecule has 2 heterocycles. The Kier molecular flexibility index (Phi) is 4.32. The van der Waals surface area contributed by atoms with E-state index < -0.39 is 0 Å². The molecule has 1 aromatic carbocycles. The van der Waals surface area contributed by atoms with Crippen molar-refractivity contribution in [1.82, 2.24) is 10.3 Å². The lowest BCUT2D eigenvalue weighted by molar-refractivity contribution is 0.721. The van der Waals surface area contributed by atoms with Gasteiger partial charge in [-0.05, 0) is 19.3 Å². The fourth-order valence-electron chi connectivity index (χ4n) is 2.52. The standard InChI is InChI=1S/C17H17N3S/c18-11-14(15-9-5-2-6-10-19-15)17-20-16(12-21-17)13-7-3-1-4-8-13/h1,3-4,7-8,12,19H,2,5-6,9-10H2/b15-14-. The third kappa shape index (κ3) is 3.14. The van der Waals surface area contributed by atoms with E-state index in [0.717, 1.165) is 41.3 Å². The molecule has 3 rings (SSSR count). The number of nitrogens with zero attached hydrogens (tertiary/aromatic N) is 2. The van der Waals surface area contributed by atoms with Crippen LogP contribution in [0.2, 0.25) is 0 Å². The molecule has 0 radical (unpaired) electrons. The summed E-state index contributed by atoms with van der Waals surface area (Å²) < 4.78 is 0. The minimum absolute atomic E-state index is 0.712. The Morgan fingerprint density at radius 2 is 2.05 bits per heavy atom. The van der Waals surface area contributed by atoms with Crippen molar-refractivity contribution >= 4 is 16.9 Å². The van der Waals surface area contributed by atoms with Gasteiger partial charge in [-0.15, -0.1) is 11.3 Å². The molecule has 2 aromatic rings. The third-order valence-electron chi connectivity index (χ3n) is 3.64. The van der Waals surface area contributed by atoms with Crippen molar-refractivity contribution in [3.05, 3.63) is 46.4 Å². The minimum atomic E-state index is 0.712.